The number of carboxylic acid groups (broad SMARTS) is 1. The average molecular weight is 164 g/mol. The van der Waals surface area contributed by atoms with E-state index >= 15 is 0 Å². The van der Waals surface area contributed by atoms with Gasteiger partial charge in [0.25, 0.3) is 0 Å². The number of carbonyl (C=O) groups excluding carboxylic acids is 1. The van der Waals surface area contributed by atoms with Crippen molar-refractivity contribution in [3.8, 4) is 0 Å². The van der Waals surface area contributed by atoms with Crippen molar-refractivity contribution in [1.29, 1.82) is 0 Å². The van der Waals surface area contributed by atoms with Crippen molar-refractivity contribution < 1.29 is 29.8 Å². The first-order valence-corrected chi connectivity index (χ1v) is 1.89. The van der Waals surface area contributed by atoms with Crippen LogP contribution in [0.25, 0.3) is 0 Å². The monoisotopic (exact) mass is 164 g/mol. The summed E-state index contributed by atoms with van der Waals surface area (Å²) in [6, 6.07) is 0. The van der Waals surface area contributed by atoms with Gasteiger partial charge in [-0.25, -0.2) is 0 Å². The standard InChI is InChI=1S/C2H4O2.Co.NO2/c1-2(3)4;;2-1-3/h1H3,(H,3,4);;/q;+1;/p-1. The van der Waals surface area contributed by atoms with E-state index in [0.29, 0.717) is 0 Å². The Balaban J connectivity index is 0. The molecule has 0 aromatic heterocycles. The molecule has 6 heteroatoms. The van der Waals surface area contributed by atoms with Crippen molar-refractivity contribution in [3.05, 3.63) is 10.1 Å². The van der Waals surface area contributed by atoms with Gasteiger partial charge in [0.2, 0.25) is 0 Å². The summed E-state index contributed by atoms with van der Waals surface area (Å²) in [5, 5.41) is 17.6. The Morgan fingerprint density at radius 2 is 1.75 bits per heavy atom. The first-order valence-electron chi connectivity index (χ1n) is 1.42. The van der Waals surface area contributed by atoms with Crippen LogP contribution in [0.4, 0.5) is 0 Å². The van der Waals surface area contributed by atoms with E-state index in [4.69, 9.17) is 20.0 Å². The molecule has 0 N–H and O–H groups in total. The van der Waals surface area contributed by atoms with Gasteiger partial charge in [0.1, 0.15) is 0 Å². The summed E-state index contributed by atoms with van der Waals surface area (Å²) in [5.74, 6) is -1.08. The third-order valence-corrected chi connectivity index (χ3v) is 0. The summed E-state index contributed by atoms with van der Waals surface area (Å²) in [4.78, 5) is 17.6. The molecule has 0 spiro atoms. The Bertz CT molecular complexity index is 72.0. The fourth-order valence-electron chi connectivity index (χ4n) is 0. The van der Waals surface area contributed by atoms with Gasteiger partial charge in [0.15, 0.2) is 0 Å². The molecule has 0 rings (SSSR count). The third kappa shape index (κ3) is 265. The van der Waals surface area contributed by atoms with Crippen molar-refractivity contribution in [2.24, 2.45) is 0 Å². The van der Waals surface area contributed by atoms with Crippen LogP contribution in [0.5, 0.6) is 0 Å². The molecule has 0 bridgehead atoms. The van der Waals surface area contributed by atoms with Crippen LogP contribution >= 0.6 is 0 Å². The molecule has 8 heavy (non-hydrogen) atoms. The van der Waals surface area contributed by atoms with Gasteiger partial charge in [-0.1, -0.05) is 0 Å². The molecule has 0 unspecified atom stereocenters. The van der Waals surface area contributed by atoms with Gasteiger partial charge in [-0.05, 0) is 6.92 Å². The fraction of sp³-hybridized carbons (Fsp3) is 0.500. The van der Waals surface area contributed by atoms with E-state index in [2.05, 4.69) is 16.0 Å². The zero-order valence-electron chi connectivity index (χ0n) is 3.91. The number of rotatable bonds is 0. The molecule has 49 valence electrons. The number of carbonyl (C=O) groups is 1. The second-order valence-electron chi connectivity index (χ2n) is 0.688. The van der Waals surface area contributed by atoms with Crippen molar-refractivity contribution >= 4 is 5.97 Å². The summed E-state index contributed by atoms with van der Waals surface area (Å²) >= 11 is 2.73. The molecule has 0 radical (unpaired) electrons. The van der Waals surface area contributed by atoms with E-state index in [1.807, 2.05) is 0 Å². The molecule has 0 heterocycles. The second kappa shape index (κ2) is 6.38. The SMILES string of the molecule is CC(=O)[O-].O=[N+]([O-])[Co+]. The fourth-order valence-corrected chi connectivity index (χ4v) is 0. The normalized spacial score (nSPS) is 6.25. The predicted molar refractivity (Wildman–Crippen MR) is 17.7 cm³/mol. The Morgan fingerprint density at radius 3 is 1.75 bits per heavy atom. The molecule has 0 aliphatic carbocycles. The van der Waals surface area contributed by atoms with Gasteiger partial charge in [0, 0.05) is 5.97 Å². The Morgan fingerprint density at radius 1 is 1.75 bits per heavy atom. The maximum absolute atomic E-state index is 8.89. The molecule has 0 fully saturated rings. The Labute approximate surface area is 53.6 Å². The number of hydrogen-bond donors (Lipinski definition) is 0. The van der Waals surface area contributed by atoms with Crippen LogP contribution in [-0.4, -0.2) is 9.94 Å². The third-order valence-electron chi connectivity index (χ3n) is 0. The van der Waals surface area contributed by atoms with Gasteiger partial charge in [-0.3, -0.25) is 0 Å². The van der Waals surface area contributed by atoms with Gasteiger partial charge < -0.3 is 9.90 Å². The van der Waals surface area contributed by atoms with Crippen LogP contribution in [0.2, 0.25) is 0 Å². The number of nitro groups is 1. The van der Waals surface area contributed by atoms with Crippen LogP contribution < -0.4 is 5.11 Å². The topological polar surface area (TPSA) is 83.3 Å². The van der Waals surface area contributed by atoms with E-state index in [0.717, 1.165) is 6.92 Å². The van der Waals surface area contributed by atoms with E-state index in [-0.39, 0.29) is 0 Å². The molecular formula is C2H3CoNO4. The quantitative estimate of drug-likeness (QED) is 0.321. The van der Waals surface area contributed by atoms with Gasteiger partial charge in [0.05, 0.1) is 0 Å². The van der Waals surface area contributed by atoms with Crippen LogP contribution in [0.15, 0.2) is 0 Å². The van der Waals surface area contributed by atoms with Crippen molar-refractivity contribution in [1.82, 2.24) is 0 Å². The zero-order valence-corrected chi connectivity index (χ0v) is 4.95. The summed E-state index contributed by atoms with van der Waals surface area (Å²) in [6.45, 7) is 0.972. The van der Waals surface area contributed by atoms with Crippen LogP contribution in [0, 0.1) is 10.1 Å². The van der Waals surface area contributed by atoms with Gasteiger partial charge in [-0.15, -0.1) is 0 Å². The minimum atomic E-state index is -1.08. The number of hydrogen-bond acceptors (Lipinski definition) is 4. The maximum atomic E-state index is 8.89. The van der Waals surface area contributed by atoms with E-state index in [9.17, 15) is 0 Å². The van der Waals surface area contributed by atoms with E-state index in [1.165, 1.54) is 0 Å². The zero-order chi connectivity index (χ0) is 7.15. The molecule has 5 nitrogen and oxygen atoms in total. The summed E-state index contributed by atoms with van der Waals surface area (Å²) in [5.41, 5.74) is 0. The minimum absolute atomic E-state index is 0.812. The molecule has 0 saturated heterocycles. The van der Waals surface area contributed by atoms with Crippen molar-refractivity contribution in [2.75, 3.05) is 0 Å². The molecule has 0 aromatic rings. The molecule has 0 aliphatic rings. The molecular weight excluding hydrogens is 161 g/mol. The Kier molecular flexibility index (Phi) is 8.27. The molecule has 0 saturated carbocycles. The van der Waals surface area contributed by atoms with Crippen LogP contribution in [0.3, 0.4) is 0 Å². The van der Waals surface area contributed by atoms with Crippen LogP contribution in [0.1, 0.15) is 6.92 Å². The van der Waals surface area contributed by atoms with E-state index in [1.54, 1.807) is 0 Å². The Hall–Kier alpha value is -0.624. The summed E-state index contributed by atoms with van der Waals surface area (Å²) < 4.78 is -0.812. The predicted octanol–water partition coefficient (Wildman–Crippen LogP) is -1.52. The number of nitrogens with zero attached hydrogens (tertiary/aromatic N) is 1. The molecule has 0 aromatic carbocycles. The van der Waals surface area contributed by atoms with Crippen LogP contribution in [-0.2, 0) is 20.7 Å². The first-order chi connectivity index (χ1) is 3.46. The summed E-state index contributed by atoms with van der Waals surface area (Å²) in [6.07, 6.45) is 0. The number of carboxylic acids is 1. The second-order valence-corrected chi connectivity index (χ2v) is 1.07. The first kappa shape index (κ1) is 10.4. The molecule has 0 atom stereocenters. The van der Waals surface area contributed by atoms with Gasteiger partial charge >= 0.3 is 30.0 Å². The van der Waals surface area contributed by atoms with Crippen molar-refractivity contribution in [3.63, 3.8) is 0 Å². The molecule has 0 amide bonds. The van der Waals surface area contributed by atoms with Gasteiger partial charge in [-0.2, -0.15) is 0 Å². The summed E-state index contributed by atoms with van der Waals surface area (Å²) in [7, 11) is 0. The molecule has 0 aliphatic heterocycles. The van der Waals surface area contributed by atoms with Crippen molar-refractivity contribution in [2.45, 2.75) is 6.92 Å². The average Bonchev–Trinajstić information content (AvgIpc) is 1.25. The van der Waals surface area contributed by atoms with E-state index < -0.39 is 9.94 Å². The number of aliphatic carboxylic acids is 1.